The van der Waals surface area contributed by atoms with Crippen LogP contribution < -0.4 is 5.32 Å². The van der Waals surface area contributed by atoms with Crippen LogP contribution in [0.4, 0.5) is 0 Å². The number of thiazole rings is 1. The summed E-state index contributed by atoms with van der Waals surface area (Å²) in [5, 5.41) is 6.48. The van der Waals surface area contributed by atoms with Gasteiger partial charge in [-0.15, -0.1) is 11.3 Å². The number of hydrogen-bond donors (Lipinski definition) is 1. The number of aryl methyl sites for hydroxylation is 1. The van der Waals surface area contributed by atoms with Gasteiger partial charge in [-0.3, -0.25) is 4.79 Å². The average molecular weight is 265 g/mol. The standard InChI is InChI=1S/C13H19N3OS/c1-9-8-18-12(15-9)10-3-2-4-16(7-10)13(17)11-5-14-6-11/h8,10-11,14H,2-7H2,1H3. The van der Waals surface area contributed by atoms with Crippen molar-refractivity contribution >= 4 is 17.2 Å². The summed E-state index contributed by atoms with van der Waals surface area (Å²) < 4.78 is 0. The molecule has 0 aliphatic carbocycles. The Kier molecular flexibility index (Phi) is 3.35. The van der Waals surface area contributed by atoms with Crippen molar-refractivity contribution in [2.45, 2.75) is 25.7 Å². The molecule has 5 heteroatoms. The predicted molar refractivity (Wildman–Crippen MR) is 71.8 cm³/mol. The van der Waals surface area contributed by atoms with E-state index in [1.54, 1.807) is 11.3 Å². The molecule has 0 radical (unpaired) electrons. The number of aromatic nitrogens is 1. The Hall–Kier alpha value is -0.940. The molecule has 1 aromatic rings. The summed E-state index contributed by atoms with van der Waals surface area (Å²) >= 11 is 1.74. The van der Waals surface area contributed by atoms with Gasteiger partial charge in [0, 0.05) is 43.2 Å². The first-order valence-electron chi connectivity index (χ1n) is 6.65. The molecule has 2 aliphatic rings. The average Bonchev–Trinajstić information content (AvgIpc) is 2.74. The van der Waals surface area contributed by atoms with Gasteiger partial charge in [0.25, 0.3) is 0 Å². The van der Waals surface area contributed by atoms with Crippen molar-refractivity contribution in [2.24, 2.45) is 5.92 Å². The Morgan fingerprint density at radius 3 is 3.00 bits per heavy atom. The Labute approximate surface area is 111 Å². The summed E-state index contributed by atoms with van der Waals surface area (Å²) in [6.07, 6.45) is 2.27. The molecule has 0 bridgehead atoms. The molecule has 0 spiro atoms. The predicted octanol–water partition coefficient (Wildman–Crippen LogP) is 1.38. The van der Waals surface area contributed by atoms with Crippen molar-refractivity contribution < 1.29 is 4.79 Å². The van der Waals surface area contributed by atoms with E-state index in [0.29, 0.717) is 11.8 Å². The number of amides is 1. The van der Waals surface area contributed by atoms with E-state index in [4.69, 9.17) is 0 Å². The van der Waals surface area contributed by atoms with E-state index in [1.807, 2.05) is 6.92 Å². The molecule has 18 heavy (non-hydrogen) atoms. The molecule has 1 amide bonds. The molecule has 2 saturated heterocycles. The van der Waals surface area contributed by atoms with Crippen LogP contribution in [0.25, 0.3) is 0 Å². The van der Waals surface area contributed by atoms with Crippen LogP contribution in [0.15, 0.2) is 5.38 Å². The number of piperidine rings is 1. The molecule has 0 saturated carbocycles. The molecule has 1 unspecified atom stereocenters. The minimum Gasteiger partial charge on any atom is -0.342 e. The Morgan fingerprint density at radius 2 is 2.39 bits per heavy atom. The molecule has 3 rings (SSSR count). The van der Waals surface area contributed by atoms with E-state index in [9.17, 15) is 4.79 Å². The number of nitrogens with zero attached hydrogens (tertiary/aromatic N) is 2. The highest BCUT2D eigenvalue weighted by atomic mass is 32.1. The maximum absolute atomic E-state index is 12.2. The number of rotatable bonds is 2. The monoisotopic (exact) mass is 265 g/mol. The second-order valence-electron chi connectivity index (χ2n) is 5.31. The maximum atomic E-state index is 12.2. The number of hydrogen-bond acceptors (Lipinski definition) is 4. The van der Waals surface area contributed by atoms with Gasteiger partial charge in [0.05, 0.1) is 10.9 Å². The Bertz CT molecular complexity index is 441. The third-order valence-corrected chi connectivity index (χ3v) is 4.97. The second kappa shape index (κ2) is 4.97. The smallest absolute Gasteiger partial charge is 0.228 e. The van der Waals surface area contributed by atoms with Crippen molar-refractivity contribution in [3.63, 3.8) is 0 Å². The van der Waals surface area contributed by atoms with Crippen LogP contribution in [0.2, 0.25) is 0 Å². The quantitative estimate of drug-likeness (QED) is 0.878. The molecular formula is C13H19N3OS. The van der Waals surface area contributed by atoms with Crippen molar-refractivity contribution in [2.75, 3.05) is 26.2 Å². The van der Waals surface area contributed by atoms with E-state index >= 15 is 0 Å². The van der Waals surface area contributed by atoms with Crippen LogP contribution in [-0.4, -0.2) is 42.0 Å². The van der Waals surface area contributed by atoms with Crippen molar-refractivity contribution in [1.29, 1.82) is 0 Å². The number of nitrogens with one attached hydrogen (secondary N) is 1. The van der Waals surface area contributed by atoms with Crippen molar-refractivity contribution in [3.05, 3.63) is 16.1 Å². The van der Waals surface area contributed by atoms with Crippen LogP contribution in [0, 0.1) is 12.8 Å². The summed E-state index contributed by atoms with van der Waals surface area (Å²) in [6.45, 7) is 5.54. The highest BCUT2D eigenvalue weighted by molar-refractivity contribution is 7.09. The van der Waals surface area contributed by atoms with E-state index in [0.717, 1.165) is 38.3 Å². The zero-order chi connectivity index (χ0) is 12.5. The zero-order valence-electron chi connectivity index (χ0n) is 10.7. The van der Waals surface area contributed by atoms with Crippen LogP contribution >= 0.6 is 11.3 Å². The van der Waals surface area contributed by atoms with Crippen LogP contribution in [0.5, 0.6) is 0 Å². The van der Waals surface area contributed by atoms with Gasteiger partial charge >= 0.3 is 0 Å². The summed E-state index contributed by atoms with van der Waals surface area (Å²) in [7, 11) is 0. The van der Waals surface area contributed by atoms with Gasteiger partial charge in [0.2, 0.25) is 5.91 Å². The van der Waals surface area contributed by atoms with E-state index in [2.05, 4.69) is 20.6 Å². The molecular weight excluding hydrogens is 246 g/mol. The van der Waals surface area contributed by atoms with Gasteiger partial charge in [-0.2, -0.15) is 0 Å². The first kappa shape index (κ1) is 12.1. The highest BCUT2D eigenvalue weighted by Gasteiger charge is 2.33. The largest absolute Gasteiger partial charge is 0.342 e. The third kappa shape index (κ3) is 2.29. The van der Waals surface area contributed by atoms with Gasteiger partial charge in [-0.25, -0.2) is 4.98 Å². The zero-order valence-corrected chi connectivity index (χ0v) is 11.5. The van der Waals surface area contributed by atoms with Gasteiger partial charge in [-0.05, 0) is 19.8 Å². The Balaban J connectivity index is 1.66. The molecule has 98 valence electrons. The summed E-state index contributed by atoms with van der Waals surface area (Å²) in [6, 6.07) is 0. The third-order valence-electron chi connectivity index (χ3n) is 3.85. The van der Waals surface area contributed by atoms with Gasteiger partial charge < -0.3 is 10.2 Å². The minimum absolute atomic E-state index is 0.224. The lowest BCUT2D eigenvalue weighted by Gasteiger charge is -2.37. The Morgan fingerprint density at radius 1 is 1.56 bits per heavy atom. The van der Waals surface area contributed by atoms with E-state index in [-0.39, 0.29) is 5.92 Å². The van der Waals surface area contributed by atoms with E-state index < -0.39 is 0 Å². The molecule has 0 aromatic carbocycles. The number of carbonyl (C=O) groups excluding carboxylic acids is 1. The normalized spacial score (nSPS) is 24.9. The fourth-order valence-electron chi connectivity index (χ4n) is 2.66. The summed E-state index contributed by atoms with van der Waals surface area (Å²) in [4.78, 5) is 18.9. The SMILES string of the molecule is Cc1csc(C2CCCN(C(=O)C3CNC3)C2)n1. The van der Waals surface area contributed by atoms with Crippen molar-refractivity contribution in [3.8, 4) is 0 Å². The number of carbonyl (C=O) groups is 1. The summed E-state index contributed by atoms with van der Waals surface area (Å²) in [5.41, 5.74) is 1.10. The maximum Gasteiger partial charge on any atom is 0.228 e. The first-order valence-corrected chi connectivity index (χ1v) is 7.53. The van der Waals surface area contributed by atoms with Crippen LogP contribution in [0.1, 0.15) is 29.5 Å². The minimum atomic E-state index is 0.224. The van der Waals surface area contributed by atoms with Gasteiger partial charge in [0.1, 0.15) is 0 Å². The van der Waals surface area contributed by atoms with Crippen LogP contribution in [0.3, 0.4) is 0 Å². The molecule has 1 aromatic heterocycles. The molecule has 1 N–H and O–H groups in total. The highest BCUT2D eigenvalue weighted by Crippen LogP contribution is 2.30. The van der Waals surface area contributed by atoms with Crippen LogP contribution in [-0.2, 0) is 4.79 Å². The number of likely N-dealkylation sites (tertiary alicyclic amines) is 1. The lowest BCUT2D eigenvalue weighted by atomic mass is 9.95. The molecule has 4 nitrogen and oxygen atoms in total. The first-order chi connectivity index (χ1) is 8.74. The lowest BCUT2D eigenvalue weighted by molar-refractivity contribution is -0.138. The fraction of sp³-hybridized carbons (Fsp3) is 0.692. The van der Waals surface area contributed by atoms with Gasteiger partial charge in [0.15, 0.2) is 0 Å². The summed E-state index contributed by atoms with van der Waals surface area (Å²) in [5.74, 6) is 1.02. The molecule has 1 atom stereocenters. The molecule has 2 fully saturated rings. The van der Waals surface area contributed by atoms with Crippen molar-refractivity contribution in [1.82, 2.24) is 15.2 Å². The molecule has 2 aliphatic heterocycles. The second-order valence-corrected chi connectivity index (χ2v) is 6.20. The topological polar surface area (TPSA) is 45.2 Å². The fourth-order valence-corrected chi connectivity index (χ4v) is 3.59. The van der Waals surface area contributed by atoms with Gasteiger partial charge in [-0.1, -0.05) is 0 Å². The molecule has 3 heterocycles. The van der Waals surface area contributed by atoms with E-state index in [1.165, 1.54) is 11.4 Å². The lowest BCUT2D eigenvalue weighted by Crippen LogP contribution is -2.53.